The van der Waals surface area contributed by atoms with Crippen LogP contribution in [0.5, 0.6) is 0 Å². The molecule has 1 fully saturated rings. The van der Waals surface area contributed by atoms with Gasteiger partial charge in [-0.25, -0.2) is 0 Å². The zero-order valence-corrected chi connectivity index (χ0v) is 8.21. The molecule has 0 bridgehead atoms. The second-order valence-electron chi connectivity index (χ2n) is 3.51. The molecule has 0 spiro atoms. The molecule has 14 heavy (non-hydrogen) atoms. The molecule has 1 saturated heterocycles. The first-order chi connectivity index (χ1) is 6.70. The Balaban J connectivity index is 2.16. The molecule has 0 unspecified atom stereocenters. The summed E-state index contributed by atoms with van der Waals surface area (Å²) in [5, 5.41) is 5.81. The quantitative estimate of drug-likeness (QED) is 0.549. The molecule has 0 radical (unpaired) electrons. The fourth-order valence-electron chi connectivity index (χ4n) is 1.51. The molecule has 80 valence electrons. The van der Waals surface area contributed by atoms with Crippen LogP contribution in [0.2, 0.25) is 0 Å². The minimum absolute atomic E-state index is 0.0223. The molecule has 0 aromatic carbocycles. The number of hydrogen-bond acceptors (Lipinski definition) is 3. The molecule has 4 N–H and O–H groups in total. The second-order valence-corrected chi connectivity index (χ2v) is 3.51. The van der Waals surface area contributed by atoms with E-state index in [9.17, 15) is 9.59 Å². The number of nitrogens with two attached hydrogens (primary N) is 1. The maximum atomic E-state index is 11.5. The van der Waals surface area contributed by atoms with Crippen LogP contribution >= 0.6 is 0 Å². The van der Waals surface area contributed by atoms with Gasteiger partial charge in [0.1, 0.15) is 0 Å². The summed E-state index contributed by atoms with van der Waals surface area (Å²) in [5.41, 5.74) is 4.95. The molecule has 0 aliphatic carbocycles. The minimum atomic E-state index is -0.387. The number of carbonyl (C=O) groups is 2. The van der Waals surface area contributed by atoms with Gasteiger partial charge in [-0.1, -0.05) is 6.42 Å². The molecule has 5 nitrogen and oxygen atoms in total. The van der Waals surface area contributed by atoms with E-state index < -0.39 is 0 Å². The molecule has 1 rings (SSSR count). The minimum Gasteiger partial charge on any atom is -0.370 e. The van der Waals surface area contributed by atoms with E-state index in [1.807, 2.05) is 0 Å². The molecule has 1 aliphatic rings. The van der Waals surface area contributed by atoms with Crippen molar-refractivity contribution in [2.24, 2.45) is 5.73 Å². The smallest absolute Gasteiger partial charge is 0.237 e. The van der Waals surface area contributed by atoms with E-state index in [-0.39, 0.29) is 24.3 Å². The lowest BCUT2D eigenvalue weighted by Crippen LogP contribution is -2.47. The molecule has 0 aromatic rings. The van der Waals surface area contributed by atoms with Gasteiger partial charge in [0.05, 0.1) is 6.04 Å². The lowest BCUT2D eigenvalue weighted by atomic mass is 10.0. The fraction of sp³-hybridized carbons (Fsp3) is 0.778. The number of primary amides is 1. The Bertz CT molecular complexity index is 212. The third kappa shape index (κ3) is 3.74. The van der Waals surface area contributed by atoms with Crippen molar-refractivity contribution < 1.29 is 9.59 Å². The van der Waals surface area contributed by atoms with Gasteiger partial charge in [-0.3, -0.25) is 9.59 Å². The number of hydrogen-bond donors (Lipinski definition) is 3. The average Bonchev–Trinajstić information content (AvgIpc) is 2.18. The van der Waals surface area contributed by atoms with Crippen molar-refractivity contribution in [3.8, 4) is 0 Å². The second kappa shape index (κ2) is 5.59. The van der Waals surface area contributed by atoms with Crippen molar-refractivity contribution in [2.45, 2.75) is 31.7 Å². The predicted octanol–water partition coefficient (Wildman–Crippen LogP) is -0.880. The van der Waals surface area contributed by atoms with Gasteiger partial charge in [-0.15, -0.1) is 0 Å². The van der Waals surface area contributed by atoms with E-state index in [1.54, 1.807) is 0 Å². The van der Waals surface area contributed by atoms with Gasteiger partial charge in [0.2, 0.25) is 11.8 Å². The third-order valence-electron chi connectivity index (χ3n) is 2.30. The van der Waals surface area contributed by atoms with Gasteiger partial charge in [-0.05, 0) is 19.4 Å². The predicted molar refractivity (Wildman–Crippen MR) is 52.5 cm³/mol. The van der Waals surface area contributed by atoms with Crippen LogP contribution in [0.4, 0.5) is 0 Å². The van der Waals surface area contributed by atoms with Crippen LogP contribution in [0.15, 0.2) is 0 Å². The zero-order chi connectivity index (χ0) is 10.4. The fourth-order valence-corrected chi connectivity index (χ4v) is 1.51. The Morgan fingerprint density at radius 2 is 2.21 bits per heavy atom. The van der Waals surface area contributed by atoms with Crippen molar-refractivity contribution in [2.75, 3.05) is 13.1 Å². The number of nitrogens with one attached hydrogen (secondary N) is 2. The van der Waals surface area contributed by atoms with Crippen molar-refractivity contribution in [1.29, 1.82) is 0 Å². The monoisotopic (exact) mass is 199 g/mol. The number of piperidine rings is 1. The summed E-state index contributed by atoms with van der Waals surface area (Å²) in [6.07, 6.45) is 3.30. The van der Waals surface area contributed by atoms with Crippen molar-refractivity contribution >= 4 is 11.8 Å². The van der Waals surface area contributed by atoms with Gasteiger partial charge < -0.3 is 16.4 Å². The molecule has 1 heterocycles. The number of rotatable bonds is 4. The largest absolute Gasteiger partial charge is 0.370 e. The lowest BCUT2D eigenvalue weighted by Gasteiger charge is -2.22. The van der Waals surface area contributed by atoms with Gasteiger partial charge >= 0.3 is 0 Å². The summed E-state index contributed by atoms with van der Waals surface area (Å²) < 4.78 is 0. The normalized spacial score (nSPS) is 21.6. The van der Waals surface area contributed by atoms with E-state index in [2.05, 4.69) is 10.6 Å². The van der Waals surface area contributed by atoms with Crippen LogP contribution in [0.1, 0.15) is 25.7 Å². The Morgan fingerprint density at radius 3 is 2.79 bits per heavy atom. The van der Waals surface area contributed by atoms with E-state index >= 15 is 0 Å². The summed E-state index contributed by atoms with van der Waals surface area (Å²) in [6.45, 7) is 1.24. The summed E-state index contributed by atoms with van der Waals surface area (Å²) in [5.74, 6) is -0.409. The van der Waals surface area contributed by atoms with Crippen molar-refractivity contribution in [1.82, 2.24) is 10.6 Å². The summed E-state index contributed by atoms with van der Waals surface area (Å²) in [6, 6.07) is -0.0865. The Kier molecular flexibility index (Phi) is 4.39. The Labute approximate surface area is 83.4 Å². The number of carbonyl (C=O) groups excluding carboxylic acids is 2. The highest BCUT2D eigenvalue weighted by Gasteiger charge is 2.19. The summed E-state index contributed by atoms with van der Waals surface area (Å²) in [4.78, 5) is 21.9. The van der Waals surface area contributed by atoms with E-state index in [0.29, 0.717) is 6.54 Å². The van der Waals surface area contributed by atoms with Gasteiger partial charge in [-0.2, -0.15) is 0 Å². The lowest BCUT2D eigenvalue weighted by molar-refractivity contribution is -0.123. The first-order valence-corrected chi connectivity index (χ1v) is 4.99. The van der Waals surface area contributed by atoms with Crippen LogP contribution in [-0.2, 0) is 9.59 Å². The number of amides is 2. The summed E-state index contributed by atoms with van der Waals surface area (Å²) in [7, 11) is 0. The highest BCUT2D eigenvalue weighted by atomic mass is 16.2. The highest BCUT2D eigenvalue weighted by molar-refractivity contribution is 5.82. The molecule has 1 atom stereocenters. The maximum absolute atomic E-state index is 11.5. The van der Waals surface area contributed by atoms with Gasteiger partial charge in [0.25, 0.3) is 0 Å². The SMILES string of the molecule is NC(=O)CCNC(=O)[C@@H]1CCCCN1. The first kappa shape index (κ1) is 11.0. The third-order valence-corrected chi connectivity index (χ3v) is 2.30. The van der Waals surface area contributed by atoms with Gasteiger partial charge in [0, 0.05) is 13.0 Å². The molecule has 5 heteroatoms. The van der Waals surface area contributed by atoms with Crippen LogP contribution in [-0.4, -0.2) is 30.9 Å². The molecule has 0 aromatic heterocycles. The van der Waals surface area contributed by atoms with E-state index in [0.717, 1.165) is 25.8 Å². The molecular weight excluding hydrogens is 182 g/mol. The van der Waals surface area contributed by atoms with E-state index in [4.69, 9.17) is 5.73 Å². The Morgan fingerprint density at radius 1 is 1.43 bits per heavy atom. The topological polar surface area (TPSA) is 84.2 Å². The van der Waals surface area contributed by atoms with Gasteiger partial charge in [0.15, 0.2) is 0 Å². The van der Waals surface area contributed by atoms with Crippen LogP contribution < -0.4 is 16.4 Å². The average molecular weight is 199 g/mol. The summed E-state index contributed by atoms with van der Waals surface area (Å²) >= 11 is 0. The zero-order valence-electron chi connectivity index (χ0n) is 8.21. The maximum Gasteiger partial charge on any atom is 0.237 e. The van der Waals surface area contributed by atoms with Crippen LogP contribution in [0, 0.1) is 0 Å². The Hall–Kier alpha value is -1.10. The molecular formula is C9H17N3O2. The van der Waals surface area contributed by atoms with Crippen LogP contribution in [0.25, 0.3) is 0 Å². The molecule has 0 saturated carbocycles. The molecule has 2 amide bonds. The highest BCUT2D eigenvalue weighted by Crippen LogP contribution is 2.06. The van der Waals surface area contributed by atoms with Crippen LogP contribution in [0.3, 0.4) is 0 Å². The standard InChI is InChI=1S/C9H17N3O2/c10-8(13)4-6-12-9(14)7-3-1-2-5-11-7/h7,11H,1-6H2,(H2,10,13)(H,12,14)/t7-/m0/s1. The molecule has 1 aliphatic heterocycles. The van der Waals surface area contributed by atoms with E-state index in [1.165, 1.54) is 0 Å². The van der Waals surface area contributed by atoms with Crippen molar-refractivity contribution in [3.63, 3.8) is 0 Å². The first-order valence-electron chi connectivity index (χ1n) is 4.99. The van der Waals surface area contributed by atoms with Crippen molar-refractivity contribution in [3.05, 3.63) is 0 Å².